The summed E-state index contributed by atoms with van der Waals surface area (Å²) in [6.07, 6.45) is 1.06. The minimum atomic E-state index is -0.266. The Hall–Kier alpha value is -3.19. The highest BCUT2D eigenvalue weighted by Gasteiger charge is 2.35. The molecule has 2 fully saturated rings. The van der Waals surface area contributed by atoms with Crippen LogP contribution in [0.4, 0.5) is 4.39 Å². The van der Waals surface area contributed by atoms with Crippen molar-refractivity contribution in [3.63, 3.8) is 0 Å². The lowest BCUT2D eigenvalue weighted by atomic mass is 10.1. The van der Waals surface area contributed by atoms with Gasteiger partial charge in [0, 0.05) is 32.7 Å². The maximum atomic E-state index is 13.0. The Morgan fingerprint density at radius 2 is 1.57 bits per heavy atom. The minimum Gasteiger partial charge on any atom is -0.494 e. The molecule has 0 aromatic heterocycles. The summed E-state index contributed by atoms with van der Waals surface area (Å²) in [4.78, 5) is 16.9. The Morgan fingerprint density at radius 1 is 0.971 bits per heavy atom. The number of nitriles is 1. The van der Waals surface area contributed by atoms with Crippen LogP contribution in [0.3, 0.4) is 0 Å². The number of benzene rings is 2. The molecule has 1 N–H and O–H groups in total. The second-order valence-electron chi connectivity index (χ2n) is 8.82. The zero-order valence-electron chi connectivity index (χ0n) is 19.7. The van der Waals surface area contributed by atoms with Crippen LogP contribution in [0.15, 0.2) is 48.5 Å². The first kappa shape index (κ1) is 24.9. The molecule has 4 rings (SSSR count). The number of nitrogens with zero attached hydrogens (tertiary/aromatic N) is 3. The van der Waals surface area contributed by atoms with E-state index < -0.39 is 0 Å². The van der Waals surface area contributed by atoms with Crippen LogP contribution in [-0.4, -0.2) is 86.9 Å². The van der Waals surface area contributed by atoms with Gasteiger partial charge >= 0.3 is 0 Å². The first-order valence-corrected chi connectivity index (χ1v) is 12.0. The molecule has 2 aliphatic rings. The van der Waals surface area contributed by atoms with E-state index >= 15 is 0 Å². The number of hydrogen-bond donors (Lipinski definition) is 1. The van der Waals surface area contributed by atoms with Crippen LogP contribution in [0.2, 0.25) is 0 Å². The lowest BCUT2D eigenvalue weighted by Gasteiger charge is -2.45. The topological polar surface area (TPSA) is 87.1 Å². The maximum Gasteiger partial charge on any atom is 0.234 e. The molecular weight excluding hydrogens is 451 g/mol. The summed E-state index contributed by atoms with van der Waals surface area (Å²) in [5.41, 5.74) is 0.583. The number of nitrogens with one attached hydrogen (secondary N) is 1. The van der Waals surface area contributed by atoms with Crippen molar-refractivity contribution in [3.8, 4) is 17.6 Å². The lowest BCUT2D eigenvalue weighted by molar-refractivity contribution is -0.145. The molecule has 2 saturated heterocycles. The Labute approximate surface area is 205 Å². The van der Waals surface area contributed by atoms with E-state index in [0.717, 1.165) is 39.1 Å². The van der Waals surface area contributed by atoms with Gasteiger partial charge in [0.15, 0.2) is 0 Å². The molecule has 2 atom stereocenters. The summed E-state index contributed by atoms with van der Waals surface area (Å²) in [5.74, 6) is 1.06. The number of ether oxygens (including phenoxy) is 3. The standard InChI is InChI=1S/C26H31FN4O4/c27-21-4-8-23(9-5-21)33-12-1-11-30-15-24-17-31(18-25(16-30)35-24)19-26(32)29-10-13-34-22-6-2-20(14-28)3-7-22/h2-9,24-25H,1,10-13,15-19H2,(H,29,32). The number of carbonyl (C=O) groups excluding carboxylic acids is 1. The van der Waals surface area contributed by atoms with E-state index in [1.54, 1.807) is 36.4 Å². The maximum absolute atomic E-state index is 13.0. The van der Waals surface area contributed by atoms with Crippen molar-refractivity contribution in [3.05, 3.63) is 59.9 Å². The molecule has 1 amide bonds. The summed E-state index contributed by atoms with van der Waals surface area (Å²) in [5, 5.41) is 11.7. The van der Waals surface area contributed by atoms with Gasteiger partial charge in [-0.1, -0.05) is 0 Å². The van der Waals surface area contributed by atoms with Crippen LogP contribution in [0.25, 0.3) is 0 Å². The van der Waals surface area contributed by atoms with Crippen LogP contribution >= 0.6 is 0 Å². The number of halogens is 1. The number of rotatable bonds is 11. The van der Waals surface area contributed by atoms with Crippen molar-refractivity contribution in [1.82, 2.24) is 15.1 Å². The van der Waals surface area contributed by atoms with Crippen molar-refractivity contribution in [2.45, 2.75) is 18.6 Å². The monoisotopic (exact) mass is 482 g/mol. The minimum absolute atomic E-state index is 0.0248. The molecule has 2 aromatic rings. The third-order valence-corrected chi connectivity index (χ3v) is 5.98. The second-order valence-corrected chi connectivity index (χ2v) is 8.82. The van der Waals surface area contributed by atoms with E-state index in [0.29, 0.717) is 43.4 Å². The Morgan fingerprint density at radius 3 is 2.23 bits per heavy atom. The predicted molar refractivity (Wildman–Crippen MR) is 128 cm³/mol. The molecule has 0 aliphatic carbocycles. The Bertz CT molecular complexity index is 982. The first-order chi connectivity index (χ1) is 17.1. The molecule has 2 unspecified atom stereocenters. The van der Waals surface area contributed by atoms with Gasteiger partial charge in [0.2, 0.25) is 5.91 Å². The number of hydrogen-bond acceptors (Lipinski definition) is 7. The highest BCUT2D eigenvalue weighted by Crippen LogP contribution is 2.19. The highest BCUT2D eigenvalue weighted by molar-refractivity contribution is 5.78. The Kier molecular flexibility index (Phi) is 8.90. The van der Waals surface area contributed by atoms with E-state index in [1.807, 2.05) is 0 Å². The molecule has 0 saturated carbocycles. The molecular formula is C26H31FN4O4. The summed E-state index contributed by atoms with van der Waals surface area (Å²) in [6.45, 7) is 5.76. The highest BCUT2D eigenvalue weighted by atomic mass is 19.1. The number of fused-ring (bicyclic) bond motifs is 2. The summed E-state index contributed by atoms with van der Waals surface area (Å²) >= 11 is 0. The van der Waals surface area contributed by atoms with E-state index in [2.05, 4.69) is 21.2 Å². The molecule has 0 radical (unpaired) electrons. The number of morpholine rings is 2. The third-order valence-electron chi connectivity index (χ3n) is 5.98. The van der Waals surface area contributed by atoms with Crippen molar-refractivity contribution in [2.24, 2.45) is 0 Å². The van der Waals surface area contributed by atoms with Crippen LogP contribution < -0.4 is 14.8 Å². The molecule has 2 bridgehead atoms. The van der Waals surface area contributed by atoms with Crippen LogP contribution in [0.5, 0.6) is 11.5 Å². The molecule has 186 valence electrons. The van der Waals surface area contributed by atoms with Crippen LogP contribution in [-0.2, 0) is 9.53 Å². The SMILES string of the molecule is N#Cc1ccc(OCCNC(=O)CN2CC3CN(CCCOc4ccc(F)cc4)CC(C2)O3)cc1. The van der Waals surface area contributed by atoms with Crippen LogP contribution in [0.1, 0.15) is 12.0 Å². The van der Waals surface area contributed by atoms with Gasteiger partial charge in [0.05, 0.1) is 43.5 Å². The Balaban J connectivity index is 1.09. The number of amides is 1. The van der Waals surface area contributed by atoms with Crippen molar-refractivity contribution in [1.29, 1.82) is 5.26 Å². The van der Waals surface area contributed by atoms with Crippen molar-refractivity contribution >= 4 is 5.91 Å². The lowest BCUT2D eigenvalue weighted by Crippen LogP contribution is -2.60. The molecule has 0 spiro atoms. The van der Waals surface area contributed by atoms with Gasteiger partial charge in [0.25, 0.3) is 0 Å². The largest absolute Gasteiger partial charge is 0.494 e. The average molecular weight is 483 g/mol. The predicted octanol–water partition coefficient (Wildman–Crippen LogP) is 2.05. The summed E-state index contributed by atoms with van der Waals surface area (Å²) in [6, 6.07) is 15.0. The van der Waals surface area contributed by atoms with E-state index in [1.165, 1.54) is 12.1 Å². The van der Waals surface area contributed by atoms with E-state index in [9.17, 15) is 9.18 Å². The van der Waals surface area contributed by atoms with Gasteiger partial charge in [-0.15, -0.1) is 0 Å². The van der Waals surface area contributed by atoms with Gasteiger partial charge in [-0.3, -0.25) is 14.6 Å². The molecule has 35 heavy (non-hydrogen) atoms. The quantitative estimate of drug-likeness (QED) is 0.491. The zero-order chi connectivity index (χ0) is 24.5. The zero-order valence-corrected chi connectivity index (χ0v) is 19.7. The molecule has 2 aromatic carbocycles. The van der Waals surface area contributed by atoms with E-state index in [-0.39, 0.29) is 23.9 Å². The van der Waals surface area contributed by atoms with Gasteiger partial charge in [-0.2, -0.15) is 5.26 Å². The fourth-order valence-electron chi connectivity index (χ4n) is 4.43. The molecule has 2 heterocycles. The fraction of sp³-hybridized carbons (Fsp3) is 0.462. The molecule has 2 aliphatic heterocycles. The summed E-state index contributed by atoms with van der Waals surface area (Å²) in [7, 11) is 0. The smallest absolute Gasteiger partial charge is 0.234 e. The fourth-order valence-corrected chi connectivity index (χ4v) is 4.43. The van der Waals surface area contributed by atoms with E-state index in [4.69, 9.17) is 19.5 Å². The van der Waals surface area contributed by atoms with Crippen molar-refractivity contribution < 1.29 is 23.4 Å². The van der Waals surface area contributed by atoms with Crippen LogP contribution in [0, 0.1) is 17.1 Å². The van der Waals surface area contributed by atoms with Gasteiger partial charge < -0.3 is 19.5 Å². The second kappa shape index (κ2) is 12.5. The normalized spacial score (nSPS) is 20.1. The number of carbonyl (C=O) groups is 1. The average Bonchev–Trinajstić information content (AvgIpc) is 2.85. The summed E-state index contributed by atoms with van der Waals surface area (Å²) < 4.78 is 30.3. The molecule has 9 heteroatoms. The molecule has 8 nitrogen and oxygen atoms in total. The van der Waals surface area contributed by atoms with Gasteiger partial charge in [-0.05, 0) is 55.0 Å². The van der Waals surface area contributed by atoms with Gasteiger partial charge in [0.1, 0.15) is 23.9 Å². The van der Waals surface area contributed by atoms with Gasteiger partial charge in [-0.25, -0.2) is 4.39 Å². The third kappa shape index (κ3) is 7.92. The van der Waals surface area contributed by atoms with Crippen molar-refractivity contribution in [2.75, 3.05) is 59.0 Å². The first-order valence-electron chi connectivity index (χ1n) is 12.0.